The Hall–Kier alpha value is -3.42. The quantitative estimate of drug-likeness (QED) is 0.764. The SMILES string of the molecule is Cc1cccc(NC(=O)c2nn(-c3cc(F)ccc3F)c(C)cc2=O)c1F. The van der Waals surface area contributed by atoms with E-state index in [4.69, 9.17) is 0 Å². The fraction of sp³-hybridized carbons (Fsp3) is 0.105. The molecule has 3 rings (SSSR count). The van der Waals surface area contributed by atoms with Crippen LogP contribution >= 0.6 is 0 Å². The molecule has 3 aromatic rings. The van der Waals surface area contributed by atoms with Crippen LogP contribution in [0.15, 0.2) is 47.3 Å². The van der Waals surface area contributed by atoms with Gasteiger partial charge in [-0.05, 0) is 37.6 Å². The number of hydrogen-bond acceptors (Lipinski definition) is 3. The number of aromatic nitrogens is 2. The van der Waals surface area contributed by atoms with Crippen molar-refractivity contribution in [1.29, 1.82) is 0 Å². The zero-order chi connectivity index (χ0) is 19.7. The number of nitrogens with one attached hydrogen (secondary N) is 1. The second-order valence-corrected chi connectivity index (χ2v) is 5.90. The van der Waals surface area contributed by atoms with Gasteiger partial charge in [0.2, 0.25) is 5.43 Å². The van der Waals surface area contributed by atoms with E-state index in [2.05, 4.69) is 10.4 Å². The Balaban J connectivity index is 2.06. The molecule has 0 saturated carbocycles. The molecule has 1 heterocycles. The van der Waals surface area contributed by atoms with Crippen LogP contribution in [0.25, 0.3) is 5.69 Å². The van der Waals surface area contributed by atoms with Gasteiger partial charge in [-0.25, -0.2) is 17.9 Å². The number of aryl methyl sites for hydroxylation is 2. The number of amides is 1. The van der Waals surface area contributed by atoms with Crippen LogP contribution in [0.3, 0.4) is 0 Å². The van der Waals surface area contributed by atoms with E-state index in [1.165, 1.54) is 32.0 Å². The largest absolute Gasteiger partial charge is 0.318 e. The van der Waals surface area contributed by atoms with Gasteiger partial charge in [0.15, 0.2) is 5.69 Å². The standard InChI is InChI=1S/C19H14F3N3O2/c1-10-4-3-5-14(17(10)22)23-19(27)18-16(26)8-11(2)25(24-18)15-9-12(20)6-7-13(15)21/h3-9H,1-2H3,(H,23,27). The van der Waals surface area contributed by atoms with Gasteiger partial charge < -0.3 is 5.32 Å². The predicted molar refractivity (Wildman–Crippen MR) is 93.6 cm³/mol. The number of benzene rings is 2. The lowest BCUT2D eigenvalue weighted by molar-refractivity contribution is 0.101. The fourth-order valence-electron chi connectivity index (χ4n) is 2.52. The van der Waals surface area contributed by atoms with Gasteiger partial charge in [0, 0.05) is 17.8 Å². The van der Waals surface area contributed by atoms with E-state index in [0.717, 1.165) is 28.9 Å². The van der Waals surface area contributed by atoms with Crippen molar-refractivity contribution >= 4 is 11.6 Å². The Morgan fingerprint density at radius 2 is 1.81 bits per heavy atom. The zero-order valence-corrected chi connectivity index (χ0v) is 14.4. The van der Waals surface area contributed by atoms with Gasteiger partial charge in [-0.2, -0.15) is 5.10 Å². The molecular weight excluding hydrogens is 359 g/mol. The van der Waals surface area contributed by atoms with Gasteiger partial charge in [-0.15, -0.1) is 0 Å². The third kappa shape index (κ3) is 3.59. The Morgan fingerprint density at radius 3 is 2.56 bits per heavy atom. The molecule has 0 radical (unpaired) electrons. The van der Waals surface area contributed by atoms with Crippen molar-refractivity contribution in [2.24, 2.45) is 0 Å². The molecule has 1 amide bonds. The van der Waals surface area contributed by atoms with Gasteiger partial charge in [0.1, 0.15) is 23.1 Å². The summed E-state index contributed by atoms with van der Waals surface area (Å²) >= 11 is 0. The summed E-state index contributed by atoms with van der Waals surface area (Å²) < 4.78 is 42.6. The second-order valence-electron chi connectivity index (χ2n) is 5.90. The predicted octanol–water partition coefficient (Wildman–Crippen LogP) is 3.52. The van der Waals surface area contributed by atoms with Crippen molar-refractivity contribution in [1.82, 2.24) is 9.78 Å². The van der Waals surface area contributed by atoms with Crippen LogP contribution in [0.5, 0.6) is 0 Å². The van der Waals surface area contributed by atoms with Crippen molar-refractivity contribution in [2.75, 3.05) is 5.32 Å². The number of halogens is 3. The molecule has 8 heteroatoms. The minimum Gasteiger partial charge on any atom is -0.318 e. The summed E-state index contributed by atoms with van der Waals surface area (Å²) in [6.45, 7) is 2.98. The molecule has 0 fully saturated rings. The number of hydrogen-bond donors (Lipinski definition) is 1. The van der Waals surface area contributed by atoms with Crippen LogP contribution < -0.4 is 10.7 Å². The van der Waals surface area contributed by atoms with Gasteiger partial charge in [-0.1, -0.05) is 12.1 Å². The van der Waals surface area contributed by atoms with E-state index >= 15 is 0 Å². The van der Waals surface area contributed by atoms with Crippen LogP contribution in [0.2, 0.25) is 0 Å². The second kappa shape index (κ2) is 7.06. The minimum atomic E-state index is -0.963. The fourth-order valence-corrected chi connectivity index (χ4v) is 2.52. The van der Waals surface area contributed by atoms with E-state index < -0.39 is 34.5 Å². The summed E-state index contributed by atoms with van der Waals surface area (Å²) in [6, 6.07) is 8.20. The maximum Gasteiger partial charge on any atom is 0.280 e. The van der Waals surface area contributed by atoms with Gasteiger partial charge in [0.25, 0.3) is 5.91 Å². The van der Waals surface area contributed by atoms with E-state index in [1.807, 2.05) is 0 Å². The molecule has 0 saturated heterocycles. The molecule has 0 unspecified atom stereocenters. The lowest BCUT2D eigenvalue weighted by atomic mass is 10.2. The topological polar surface area (TPSA) is 64.0 Å². The molecule has 5 nitrogen and oxygen atoms in total. The molecule has 0 spiro atoms. The maximum atomic E-state index is 14.1. The van der Waals surface area contributed by atoms with Crippen molar-refractivity contribution in [3.63, 3.8) is 0 Å². The number of anilines is 1. The van der Waals surface area contributed by atoms with Crippen LogP contribution in [0, 0.1) is 31.3 Å². The highest BCUT2D eigenvalue weighted by Crippen LogP contribution is 2.18. The average Bonchev–Trinajstić information content (AvgIpc) is 2.61. The molecule has 0 aliphatic carbocycles. The van der Waals surface area contributed by atoms with Gasteiger partial charge in [-0.3, -0.25) is 9.59 Å². The molecule has 1 aromatic heterocycles. The summed E-state index contributed by atoms with van der Waals surface area (Å²) in [6.07, 6.45) is 0. The third-order valence-corrected chi connectivity index (χ3v) is 3.90. The summed E-state index contributed by atoms with van der Waals surface area (Å²) in [4.78, 5) is 24.6. The molecule has 0 aliphatic heterocycles. The minimum absolute atomic E-state index is 0.120. The summed E-state index contributed by atoms with van der Waals surface area (Å²) in [5.41, 5.74) is -1.18. The average molecular weight is 373 g/mol. The Kier molecular flexibility index (Phi) is 4.81. The van der Waals surface area contributed by atoms with Gasteiger partial charge >= 0.3 is 0 Å². The first-order valence-electron chi connectivity index (χ1n) is 7.91. The van der Waals surface area contributed by atoms with E-state index in [1.54, 1.807) is 0 Å². The van der Waals surface area contributed by atoms with Crippen molar-refractivity contribution in [3.05, 3.63) is 87.1 Å². The molecule has 1 N–H and O–H groups in total. The molecule has 0 aliphatic rings. The normalized spacial score (nSPS) is 10.7. The smallest absolute Gasteiger partial charge is 0.280 e. The van der Waals surface area contributed by atoms with E-state index in [0.29, 0.717) is 5.56 Å². The molecular formula is C19H14F3N3O2. The number of carbonyl (C=O) groups is 1. The monoisotopic (exact) mass is 373 g/mol. The molecule has 138 valence electrons. The molecule has 2 aromatic carbocycles. The van der Waals surface area contributed by atoms with E-state index in [-0.39, 0.29) is 17.1 Å². The van der Waals surface area contributed by atoms with Crippen LogP contribution in [0.1, 0.15) is 21.7 Å². The Bertz CT molecular complexity index is 1110. The van der Waals surface area contributed by atoms with Crippen LogP contribution in [0.4, 0.5) is 18.9 Å². The third-order valence-electron chi connectivity index (χ3n) is 3.90. The van der Waals surface area contributed by atoms with Crippen molar-refractivity contribution in [2.45, 2.75) is 13.8 Å². The maximum absolute atomic E-state index is 14.1. The van der Waals surface area contributed by atoms with Crippen molar-refractivity contribution < 1.29 is 18.0 Å². The number of rotatable bonds is 3. The van der Waals surface area contributed by atoms with Crippen LogP contribution in [-0.4, -0.2) is 15.7 Å². The van der Waals surface area contributed by atoms with Crippen LogP contribution in [-0.2, 0) is 0 Å². The summed E-state index contributed by atoms with van der Waals surface area (Å²) in [5.74, 6) is -3.10. The van der Waals surface area contributed by atoms with E-state index in [9.17, 15) is 22.8 Å². The highest BCUT2D eigenvalue weighted by atomic mass is 19.1. The lowest BCUT2D eigenvalue weighted by Crippen LogP contribution is -2.27. The van der Waals surface area contributed by atoms with Gasteiger partial charge in [0.05, 0.1) is 5.69 Å². The van der Waals surface area contributed by atoms with Crippen molar-refractivity contribution in [3.8, 4) is 5.69 Å². The number of carbonyl (C=O) groups excluding carboxylic acids is 1. The summed E-state index contributed by atoms with van der Waals surface area (Å²) in [5, 5.41) is 6.13. The first-order chi connectivity index (χ1) is 12.8. The molecule has 27 heavy (non-hydrogen) atoms. The molecule has 0 bridgehead atoms. The zero-order valence-electron chi connectivity index (χ0n) is 14.4. The Morgan fingerprint density at radius 1 is 1.07 bits per heavy atom. The first-order valence-corrected chi connectivity index (χ1v) is 7.91. The number of nitrogens with zero attached hydrogens (tertiary/aromatic N) is 2. The first kappa shape index (κ1) is 18.4. The molecule has 0 atom stereocenters. The summed E-state index contributed by atoms with van der Waals surface area (Å²) in [7, 11) is 0. The highest BCUT2D eigenvalue weighted by molar-refractivity contribution is 6.02. The Labute approximate surface area is 152 Å². The highest BCUT2D eigenvalue weighted by Gasteiger charge is 2.18. The lowest BCUT2D eigenvalue weighted by Gasteiger charge is -2.12.